The van der Waals surface area contributed by atoms with Crippen LogP contribution < -0.4 is 10.6 Å². The highest BCUT2D eigenvalue weighted by molar-refractivity contribution is 6.07. The summed E-state index contributed by atoms with van der Waals surface area (Å²) in [6.07, 6.45) is 0. The maximum Gasteiger partial charge on any atom is 0.282 e. The Bertz CT molecular complexity index is 1340. The van der Waals surface area contributed by atoms with E-state index in [9.17, 15) is 19.7 Å². The molecule has 0 saturated heterocycles. The van der Waals surface area contributed by atoms with Crippen LogP contribution in [0, 0.1) is 10.1 Å². The lowest BCUT2D eigenvalue weighted by Crippen LogP contribution is -2.35. The van der Waals surface area contributed by atoms with Crippen LogP contribution in [0.4, 0.5) is 5.69 Å². The Balaban J connectivity index is 1.46. The molecule has 2 N–H and O–H groups in total. The summed E-state index contributed by atoms with van der Waals surface area (Å²) in [5, 5.41) is 17.2. The van der Waals surface area contributed by atoms with Crippen molar-refractivity contribution in [2.75, 3.05) is 13.1 Å². The second-order valence-electron chi connectivity index (χ2n) is 7.22. The van der Waals surface area contributed by atoms with Gasteiger partial charge in [0.1, 0.15) is 5.56 Å². The second-order valence-corrected chi connectivity index (χ2v) is 7.22. The Kier molecular flexibility index (Phi) is 6.36. The minimum Gasteiger partial charge on any atom is -0.350 e. The van der Waals surface area contributed by atoms with Gasteiger partial charge in [0.15, 0.2) is 0 Å². The number of nitro benzene ring substituents is 1. The molecule has 164 valence electrons. The number of carbonyl (C=O) groups is 2. The molecule has 1 aromatic heterocycles. The van der Waals surface area contributed by atoms with E-state index in [-0.39, 0.29) is 30.2 Å². The average Bonchev–Trinajstić information content (AvgIpc) is 2.86. The molecule has 0 saturated carbocycles. The van der Waals surface area contributed by atoms with E-state index in [2.05, 4.69) is 15.6 Å². The Labute approximate surface area is 189 Å². The molecular weight excluding hydrogens is 420 g/mol. The van der Waals surface area contributed by atoms with Crippen molar-refractivity contribution in [3.63, 3.8) is 0 Å². The number of nitrogens with one attached hydrogen (secondary N) is 2. The van der Waals surface area contributed by atoms with Crippen molar-refractivity contribution in [1.82, 2.24) is 15.6 Å². The van der Waals surface area contributed by atoms with Crippen molar-refractivity contribution >= 4 is 28.4 Å². The van der Waals surface area contributed by atoms with E-state index in [0.717, 1.165) is 10.9 Å². The van der Waals surface area contributed by atoms with E-state index in [1.165, 1.54) is 18.2 Å². The highest BCUT2D eigenvalue weighted by atomic mass is 16.6. The van der Waals surface area contributed by atoms with Gasteiger partial charge in [0, 0.05) is 30.1 Å². The summed E-state index contributed by atoms with van der Waals surface area (Å²) in [5.41, 5.74) is 2.47. The number of hydrogen-bond acceptors (Lipinski definition) is 5. The molecule has 0 atom stereocenters. The first-order chi connectivity index (χ1) is 16.0. The Hall–Kier alpha value is -4.59. The predicted molar refractivity (Wildman–Crippen MR) is 125 cm³/mol. The van der Waals surface area contributed by atoms with Crippen molar-refractivity contribution in [2.24, 2.45) is 0 Å². The quantitative estimate of drug-likeness (QED) is 0.256. The number of rotatable bonds is 7. The van der Waals surface area contributed by atoms with E-state index in [1.807, 2.05) is 54.6 Å². The predicted octanol–water partition coefficient (Wildman–Crippen LogP) is 3.97. The van der Waals surface area contributed by atoms with Gasteiger partial charge in [-0.15, -0.1) is 0 Å². The molecule has 0 bridgehead atoms. The van der Waals surface area contributed by atoms with E-state index in [1.54, 1.807) is 12.1 Å². The van der Waals surface area contributed by atoms with Gasteiger partial charge in [0.25, 0.3) is 17.5 Å². The van der Waals surface area contributed by atoms with Gasteiger partial charge in [-0.3, -0.25) is 19.7 Å². The summed E-state index contributed by atoms with van der Waals surface area (Å²) in [5.74, 6) is -0.872. The number of pyridine rings is 1. The number of aromatic nitrogens is 1. The van der Waals surface area contributed by atoms with Crippen molar-refractivity contribution in [2.45, 2.75) is 0 Å². The molecule has 8 nitrogen and oxygen atoms in total. The molecule has 0 spiro atoms. The third-order valence-corrected chi connectivity index (χ3v) is 5.07. The maximum absolute atomic E-state index is 13.0. The number of fused-ring (bicyclic) bond motifs is 1. The van der Waals surface area contributed by atoms with Crippen LogP contribution in [0.25, 0.3) is 22.2 Å². The standard InChI is InChI=1S/C25H20N4O4/c30-24(19-11-5-7-13-23(19)29(32)33)26-14-15-27-25(31)20-16-22(17-8-2-1-3-9-17)28-21-12-6-4-10-18(20)21/h1-13,16H,14-15H2,(H,26,30)(H,27,31). The number of para-hydroxylation sites is 2. The van der Waals surface area contributed by atoms with Crippen LogP contribution in [0.15, 0.2) is 84.9 Å². The zero-order valence-corrected chi connectivity index (χ0v) is 17.5. The summed E-state index contributed by atoms with van der Waals surface area (Å²) in [6.45, 7) is 0.272. The zero-order chi connectivity index (χ0) is 23.2. The third kappa shape index (κ3) is 4.85. The van der Waals surface area contributed by atoms with Gasteiger partial charge in [-0.2, -0.15) is 0 Å². The molecule has 0 aliphatic carbocycles. The molecule has 3 aromatic carbocycles. The first-order valence-corrected chi connectivity index (χ1v) is 10.3. The summed E-state index contributed by atoms with van der Waals surface area (Å²) in [6, 6.07) is 24.4. The third-order valence-electron chi connectivity index (χ3n) is 5.07. The number of amides is 2. The number of nitro groups is 1. The van der Waals surface area contributed by atoms with Crippen molar-refractivity contribution in [1.29, 1.82) is 0 Å². The van der Waals surface area contributed by atoms with Crippen LogP contribution >= 0.6 is 0 Å². The molecule has 0 unspecified atom stereocenters. The van der Waals surface area contributed by atoms with Gasteiger partial charge in [0.05, 0.1) is 21.7 Å². The summed E-state index contributed by atoms with van der Waals surface area (Å²) in [7, 11) is 0. The summed E-state index contributed by atoms with van der Waals surface area (Å²) < 4.78 is 0. The number of benzene rings is 3. The second kappa shape index (κ2) is 9.69. The lowest BCUT2D eigenvalue weighted by atomic mass is 10.0. The molecule has 4 rings (SSSR count). The Morgan fingerprint density at radius 1 is 0.788 bits per heavy atom. The van der Waals surface area contributed by atoms with Crippen molar-refractivity contribution < 1.29 is 14.5 Å². The first kappa shape index (κ1) is 21.6. The minimum atomic E-state index is -0.602. The van der Waals surface area contributed by atoms with Crippen molar-refractivity contribution in [3.8, 4) is 11.3 Å². The van der Waals surface area contributed by atoms with E-state index >= 15 is 0 Å². The first-order valence-electron chi connectivity index (χ1n) is 10.3. The molecule has 8 heteroatoms. The monoisotopic (exact) mass is 440 g/mol. The van der Waals surface area contributed by atoms with Crippen LogP contribution in [0.1, 0.15) is 20.7 Å². The highest BCUT2D eigenvalue weighted by Gasteiger charge is 2.19. The van der Waals surface area contributed by atoms with E-state index < -0.39 is 10.8 Å². The van der Waals surface area contributed by atoms with Gasteiger partial charge >= 0.3 is 0 Å². The fourth-order valence-corrected chi connectivity index (χ4v) is 3.49. The van der Waals surface area contributed by atoms with Crippen molar-refractivity contribution in [3.05, 3.63) is 106 Å². The highest BCUT2D eigenvalue weighted by Crippen LogP contribution is 2.24. The molecule has 33 heavy (non-hydrogen) atoms. The van der Waals surface area contributed by atoms with Gasteiger partial charge in [-0.05, 0) is 18.2 Å². The van der Waals surface area contributed by atoms with Gasteiger partial charge in [-0.1, -0.05) is 60.7 Å². The Morgan fingerprint density at radius 3 is 2.12 bits per heavy atom. The normalized spacial score (nSPS) is 10.5. The largest absolute Gasteiger partial charge is 0.350 e. The lowest BCUT2D eigenvalue weighted by molar-refractivity contribution is -0.385. The topological polar surface area (TPSA) is 114 Å². The minimum absolute atomic E-state index is 0.0264. The fourth-order valence-electron chi connectivity index (χ4n) is 3.49. The number of carbonyl (C=O) groups excluding carboxylic acids is 2. The molecule has 0 fully saturated rings. The summed E-state index contributed by atoms with van der Waals surface area (Å²) in [4.78, 5) is 40.5. The van der Waals surface area contributed by atoms with Crippen LogP contribution in [0.5, 0.6) is 0 Å². The van der Waals surface area contributed by atoms with Crippen LogP contribution in [-0.2, 0) is 0 Å². The van der Waals surface area contributed by atoms with Gasteiger partial charge in [-0.25, -0.2) is 4.98 Å². The van der Waals surface area contributed by atoms with Crippen LogP contribution in [0.2, 0.25) is 0 Å². The fraction of sp³-hybridized carbons (Fsp3) is 0.0800. The van der Waals surface area contributed by atoms with E-state index in [0.29, 0.717) is 16.8 Å². The smallest absolute Gasteiger partial charge is 0.282 e. The summed E-state index contributed by atoms with van der Waals surface area (Å²) >= 11 is 0. The van der Waals surface area contributed by atoms with Gasteiger partial charge in [0.2, 0.25) is 0 Å². The molecule has 0 aliphatic heterocycles. The number of nitrogens with zero attached hydrogens (tertiary/aromatic N) is 2. The molecule has 2 amide bonds. The molecule has 1 heterocycles. The van der Waals surface area contributed by atoms with Crippen LogP contribution in [-0.4, -0.2) is 34.8 Å². The number of hydrogen-bond donors (Lipinski definition) is 2. The molecule has 4 aromatic rings. The SMILES string of the molecule is O=C(NCCNC(=O)c1cc(-c2ccccc2)nc2ccccc12)c1ccccc1[N+](=O)[O-]. The molecule has 0 aliphatic rings. The maximum atomic E-state index is 13.0. The average molecular weight is 440 g/mol. The Morgan fingerprint density at radius 2 is 1.39 bits per heavy atom. The zero-order valence-electron chi connectivity index (χ0n) is 17.5. The van der Waals surface area contributed by atoms with E-state index in [4.69, 9.17) is 0 Å². The van der Waals surface area contributed by atoms with Crippen LogP contribution in [0.3, 0.4) is 0 Å². The molecule has 0 radical (unpaired) electrons. The molecular formula is C25H20N4O4. The van der Waals surface area contributed by atoms with Gasteiger partial charge < -0.3 is 10.6 Å². The lowest BCUT2D eigenvalue weighted by Gasteiger charge is -2.11.